The number of anilines is 1. The number of aromatic nitrogens is 8. The zero-order valence-electron chi connectivity index (χ0n) is 28.3. The van der Waals surface area contributed by atoms with Gasteiger partial charge in [-0.2, -0.15) is 10.2 Å². The molecule has 276 valence electrons. The van der Waals surface area contributed by atoms with Crippen LogP contribution in [-0.4, -0.2) is 52.6 Å². The number of nitrogens with zero attached hydrogens (tertiary/aromatic N) is 8. The number of benzene rings is 2. The number of hydrogen-bond donors (Lipinski definition) is 2. The monoisotopic (exact) mass is 862 g/mol. The first kappa shape index (κ1) is 43.5. The first-order valence-corrected chi connectivity index (χ1v) is 18.0. The number of rotatable bonds is 8. The normalized spacial score (nSPS) is 10.5. The Hall–Kier alpha value is -2.90. The first-order chi connectivity index (χ1) is 24.2. The minimum absolute atomic E-state index is 0. The zero-order chi connectivity index (χ0) is 37.2. The molecule has 0 atom stereocenters. The van der Waals surface area contributed by atoms with Crippen LogP contribution < -0.4 is 11.1 Å². The molecule has 0 radical (unpaired) electrons. The van der Waals surface area contributed by atoms with Crippen LogP contribution in [0.3, 0.4) is 0 Å². The standard InChI is InChI=1S/C17H16Cl3N5.C11H11Cl2N3.C6H6Cl2N2.ClH/c1-10-16(20)17(24-11(2)23-10)21-6-5-12-8-22-25(9-12)15-4-3-13(18)7-14(15)19;12-9-1-2-11(10(13)5-9)16-7-8(3-4-14)6-15-16;1-3-5(7)6(8)10-4(2)9-3;/h3-4,7-9H,5-6H2,1-2H3,(H,21,23,24);1-2,5-7H,3-4,14H2;1-2H3;1H. The van der Waals surface area contributed by atoms with E-state index in [1.165, 1.54) is 0 Å². The zero-order valence-corrected chi connectivity index (χ0v) is 34.4. The van der Waals surface area contributed by atoms with Crippen LogP contribution in [0.1, 0.15) is 34.2 Å². The molecular formula is C34H34Cl8N10. The fraction of sp³-hybridized carbons (Fsp3) is 0.235. The Bertz CT molecular complexity index is 2080. The Morgan fingerprint density at radius 1 is 0.635 bits per heavy atom. The maximum Gasteiger partial charge on any atom is 0.151 e. The Balaban J connectivity index is 0.000000231. The summed E-state index contributed by atoms with van der Waals surface area (Å²) in [5.74, 6) is 1.99. The molecule has 6 aromatic rings. The molecule has 0 saturated heterocycles. The molecule has 0 spiro atoms. The quantitative estimate of drug-likeness (QED) is 0.145. The second kappa shape index (κ2) is 20.5. The Morgan fingerprint density at radius 3 is 1.60 bits per heavy atom. The first-order valence-electron chi connectivity index (χ1n) is 15.3. The third-order valence-corrected chi connectivity index (χ3v) is 9.29. The molecule has 0 unspecified atom stereocenters. The van der Waals surface area contributed by atoms with Gasteiger partial charge in [0, 0.05) is 29.0 Å². The van der Waals surface area contributed by atoms with Crippen molar-refractivity contribution in [3.63, 3.8) is 0 Å². The van der Waals surface area contributed by atoms with E-state index in [1.54, 1.807) is 53.7 Å². The van der Waals surface area contributed by atoms with Crippen molar-refractivity contribution < 1.29 is 0 Å². The van der Waals surface area contributed by atoms with E-state index in [9.17, 15) is 0 Å². The minimum Gasteiger partial charge on any atom is -0.368 e. The highest BCUT2D eigenvalue weighted by atomic mass is 35.5. The SMILES string of the molecule is Cc1nc(C)c(Cl)c(Cl)n1.Cc1nc(C)c(Cl)c(NCCc2cnn(-c3ccc(Cl)cc3Cl)c2)n1.Cl.NCCc1cnn(-c2ccc(Cl)cc2Cl)c1. The average Bonchev–Trinajstić information content (AvgIpc) is 3.73. The van der Waals surface area contributed by atoms with Crippen LogP contribution in [0.15, 0.2) is 61.2 Å². The van der Waals surface area contributed by atoms with E-state index >= 15 is 0 Å². The average molecular weight is 866 g/mol. The van der Waals surface area contributed by atoms with Gasteiger partial charge >= 0.3 is 0 Å². The van der Waals surface area contributed by atoms with Gasteiger partial charge in [0.05, 0.1) is 50.2 Å². The molecule has 18 heteroatoms. The third kappa shape index (κ3) is 12.3. The molecular weight excluding hydrogens is 832 g/mol. The van der Waals surface area contributed by atoms with Gasteiger partial charge < -0.3 is 11.1 Å². The van der Waals surface area contributed by atoms with Crippen molar-refractivity contribution >= 4 is 99.4 Å². The lowest BCUT2D eigenvalue weighted by Gasteiger charge is -2.09. The van der Waals surface area contributed by atoms with Crippen LogP contribution in [0.5, 0.6) is 0 Å². The predicted octanol–water partition coefficient (Wildman–Crippen LogP) is 10.4. The predicted molar refractivity (Wildman–Crippen MR) is 217 cm³/mol. The summed E-state index contributed by atoms with van der Waals surface area (Å²) in [6.07, 6.45) is 9.04. The second-order valence-electron chi connectivity index (χ2n) is 11.0. The molecule has 0 aliphatic carbocycles. The number of halogens is 8. The molecule has 2 aromatic carbocycles. The number of nitrogens with two attached hydrogens (primary N) is 1. The lowest BCUT2D eigenvalue weighted by molar-refractivity contribution is 0.879. The lowest BCUT2D eigenvalue weighted by atomic mass is 10.2. The van der Waals surface area contributed by atoms with Crippen molar-refractivity contribution in [1.82, 2.24) is 39.5 Å². The molecule has 0 amide bonds. The largest absolute Gasteiger partial charge is 0.368 e. The van der Waals surface area contributed by atoms with E-state index < -0.39 is 0 Å². The molecule has 3 N–H and O–H groups in total. The Kier molecular flexibility index (Phi) is 17.2. The summed E-state index contributed by atoms with van der Waals surface area (Å²) < 4.78 is 3.46. The van der Waals surface area contributed by atoms with Gasteiger partial charge in [-0.15, -0.1) is 12.4 Å². The van der Waals surface area contributed by atoms with Crippen molar-refractivity contribution in [2.24, 2.45) is 5.73 Å². The maximum absolute atomic E-state index is 6.23. The Morgan fingerprint density at radius 2 is 1.12 bits per heavy atom. The van der Waals surface area contributed by atoms with Gasteiger partial charge in [0.25, 0.3) is 0 Å². The van der Waals surface area contributed by atoms with Crippen molar-refractivity contribution in [1.29, 1.82) is 0 Å². The van der Waals surface area contributed by atoms with Gasteiger partial charge in [0.2, 0.25) is 0 Å². The lowest BCUT2D eigenvalue weighted by Crippen LogP contribution is -2.08. The van der Waals surface area contributed by atoms with Gasteiger partial charge in [-0.05, 0) is 94.6 Å². The van der Waals surface area contributed by atoms with Crippen molar-refractivity contribution in [3.05, 3.63) is 131 Å². The van der Waals surface area contributed by atoms with Crippen LogP contribution in [0.4, 0.5) is 5.82 Å². The molecule has 10 nitrogen and oxygen atoms in total. The highest BCUT2D eigenvalue weighted by Crippen LogP contribution is 2.26. The Labute approximate surface area is 343 Å². The maximum atomic E-state index is 6.23. The minimum atomic E-state index is 0. The van der Waals surface area contributed by atoms with E-state index in [0.717, 1.165) is 46.7 Å². The molecule has 0 saturated carbocycles. The number of nitrogens with one attached hydrogen (secondary N) is 1. The van der Waals surface area contributed by atoms with Gasteiger partial charge in [-0.1, -0.05) is 81.2 Å². The molecule has 0 aliphatic heterocycles. The molecule has 0 fully saturated rings. The summed E-state index contributed by atoms with van der Waals surface area (Å²) in [5.41, 5.74) is 10.7. The van der Waals surface area contributed by atoms with Crippen molar-refractivity contribution in [2.75, 3.05) is 18.4 Å². The van der Waals surface area contributed by atoms with Crippen LogP contribution in [0, 0.1) is 27.7 Å². The smallest absolute Gasteiger partial charge is 0.151 e. The van der Waals surface area contributed by atoms with Crippen molar-refractivity contribution in [3.8, 4) is 11.4 Å². The van der Waals surface area contributed by atoms with Gasteiger partial charge in [-0.3, -0.25) is 0 Å². The fourth-order valence-electron chi connectivity index (χ4n) is 4.54. The third-order valence-electron chi connectivity index (χ3n) is 6.94. The van der Waals surface area contributed by atoms with E-state index in [2.05, 4.69) is 35.5 Å². The van der Waals surface area contributed by atoms with Crippen molar-refractivity contribution in [2.45, 2.75) is 40.5 Å². The van der Waals surface area contributed by atoms with E-state index in [-0.39, 0.29) is 12.4 Å². The van der Waals surface area contributed by atoms with Crippen LogP contribution in [0.2, 0.25) is 35.3 Å². The van der Waals surface area contributed by atoms with E-state index in [1.807, 2.05) is 44.6 Å². The molecule has 0 aliphatic rings. The summed E-state index contributed by atoms with van der Waals surface area (Å²) in [6, 6.07) is 10.6. The van der Waals surface area contributed by atoms with Gasteiger partial charge in [0.1, 0.15) is 22.5 Å². The summed E-state index contributed by atoms with van der Waals surface area (Å²) in [6.45, 7) is 8.56. The summed E-state index contributed by atoms with van der Waals surface area (Å²) in [7, 11) is 0. The topological polar surface area (TPSA) is 125 Å². The van der Waals surface area contributed by atoms with Gasteiger partial charge in [0.15, 0.2) is 5.15 Å². The van der Waals surface area contributed by atoms with Crippen LogP contribution in [0.25, 0.3) is 11.4 Å². The second-order valence-corrected chi connectivity index (χ2v) is 13.8. The number of aryl methyl sites for hydroxylation is 4. The molecule has 4 heterocycles. The van der Waals surface area contributed by atoms with Gasteiger partial charge in [-0.25, -0.2) is 29.3 Å². The van der Waals surface area contributed by atoms with E-state index in [0.29, 0.717) is 65.8 Å². The van der Waals surface area contributed by atoms with Crippen LogP contribution >= 0.6 is 93.6 Å². The molecule has 4 aromatic heterocycles. The highest BCUT2D eigenvalue weighted by molar-refractivity contribution is 6.41. The fourth-order valence-corrected chi connectivity index (χ4v) is 6.03. The molecule has 52 heavy (non-hydrogen) atoms. The summed E-state index contributed by atoms with van der Waals surface area (Å²) in [5, 5.41) is 15.5. The molecule has 6 rings (SSSR count). The van der Waals surface area contributed by atoms with E-state index in [4.69, 9.17) is 86.9 Å². The summed E-state index contributed by atoms with van der Waals surface area (Å²) >= 11 is 41.6. The highest BCUT2D eigenvalue weighted by Gasteiger charge is 2.10. The molecule has 0 bridgehead atoms. The van der Waals surface area contributed by atoms with Crippen LogP contribution in [-0.2, 0) is 12.8 Å². The summed E-state index contributed by atoms with van der Waals surface area (Å²) in [4.78, 5) is 16.4. The number of hydrogen-bond acceptors (Lipinski definition) is 8.